The lowest BCUT2D eigenvalue weighted by molar-refractivity contribution is -0.115. The Labute approximate surface area is 185 Å². The van der Waals surface area contributed by atoms with Gasteiger partial charge in [-0.25, -0.2) is 9.97 Å². The quantitative estimate of drug-likeness (QED) is 0.416. The second kappa shape index (κ2) is 9.41. The minimum atomic E-state index is -0.161. The van der Waals surface area contributed by atoms with Crippen LogP contribution in [-0.2, 0) is 17.6 Å². The van der Waals surface area contributed by atoms with E-state index in [9.17, 15) is 4.79 Å². The van der Waals surface area contributed by atoms with E-state index in [2.05, 4.69) is 10.3 Å². The molecule has 1 heterocycles. The summed E-state index contributed by atoms with van der Waals surface area (Å²) in [5.41, 5.74) is 10.8. The summed E-state index contributed by atoms with van der Waals surface area (Å²) in [7, 11) is 0. The molecule has 0 saturated heterocycles. The predicted octanol–water partition coefficient (Wildman–Crippen LogP) is 5.15. The maximum atomic E-state index is 12.6. The second-order valence-electron chi connectivity index (χ2n) is 7.19. The maximum absolute atomic E-state index is 12.6. The normalized spacial score (nSPS) is 10.6. The highest BCUT2D eigenvalue weighted by Gasteiger charge is 2.13. The molecule has 0 saturated carbocycles. The third kappa shape index (κ3) is 5.47. The number of halogens is 1. The molecule has 0 atom stereocenters. The number of nitrogens with one attached hydrogen (secondary N) is 1. The van der Waals surface area contributed by atoms with E-state index in [4.69, 9.17) is 22.3 Å². The first kappa shape index (κ1) is 20.6. The Bertz CT molecular complexity index is 1180. The zero-order chi connectivity index (χ0) is 21.6. The van der Waals surface area contributed by atoms with Crippen LogP contribution in [0.1, 0.15) is 16.8 Å². The summed E-state index contributed by atoms with van der Waals surface area (Å²) < 4.78 is 0. The fourth-order valence-corrected chi connectivity index (χ4v) is 3.33. The molecule has 6 heteroatoms. The molecule has 3 N–H and O–H groups in total. The largest absolute Gasteiger partial charge is 0.399 e. The Morgan fingerprint density at radius 2 is 1.61 bits per heavy atom. The molecule has 4 rings (SSSR count). The molecule has 0 aliphatic carbocycles. The fraction of sp³-hybridized carbons (Fsp3) is 0.0800. The predicted molar refractivity (Wildman–Crippen MR) is 125 cm³/mol. The van der Waals surface area contributed by atoms with Gasteiger partial charge in [0, 0.05) is 22.7 Å². The van der Waals surface area contributed by atoms with Crippen LogP contribution in [0.2, 0.25) is 5.02 Å². The highest BCUT2D eigenvalue weighted by Crippen LogP contribution is 2.23. The average Bonchev–Trinajstić information content (AvgIpc) is 2.78. The summed E-state index contributed by atoms with van der Waals surface area (Å²) in [4.78, 5) is 22.0. The Morgan fingerprint density at radius 1 is 0.903 bits per heavy atom. The molecule has 5 nitrogen and oxygen atoms in total. The molecule has 4 aromatic rings. The van der Waals surface area contributed by atoms with Crippen LogP contribution in [0.5, 0.6) is 0 Å². The number of hydrogen-bond acceptors (Lipinski definition) is 4. The van der Waals surface area contributed by atoms with Crippen molar-refractivity contribution >= 4 is 29.0 Å². The minimum absolute atomic E-state index is 0.161. The maximum Gasteiger partial charge on any atom is 0.229 e. The first-order valence-electron chi connectivity index (χ1n) is 9.87. The summed E-state index contributed by atoms with van der Waals surface area (Å²) in [6, 6.07) is 24.7. The molecule has 0 aliphatic rings. The van der Waals surface area contributed by atoms with Crippen molar-refractivity contribution in [3.63, 3.8) is 0 Å². The molecule has 3 aromatic carbocycles. The van der Waals surface area contributed by atoms with Gasteiger partial charge in [0.05, 0.1) is 24.0 Å². The van der Waals surface area contributed by atoms with Crippen LogP contribution in [0, 0.1) is 0 Å². The molecule has 0 aliphatic heterocycles. The lowest BCUT2D eigenvalue weighted by Crippen LogP contribution is -2.17. The Hall–Kier alpha value is -3.70. The van der Waals surface area contributed by atoms with E-state index in [1.54, 1.807) is 18.3 Å². The lowest BCUT2D eigenvalue weighted by Gasteiger charge is -2.12. The topological polar surface area (TPSA) is 80.9 Å². The van der Waals surface area contributed by atoms with Crippen molar-refractivity contribution in [3.05, 3.63) is 107 Å². The van der Waals surface area contributed by atoms with E-state index in [1.807, 2.05) is 66.7 Å². The number of carbonyl (C=O) groups excluding carboxylic acids is 1. The smallest absolute Gasteiger partial charge is 0.229 e. The molecular weight excluding hydrogens is 408 g/mol. The van der Waals surface area contributed by atoms with Crippen LogP contribution >= 0.6 is 11.6 Å². The van der Waals surface area contributed by atoms with E-state index < -0.39 is 0 Å². The highest BCUT2D eigenvalue weighted by atomic mass is 35.5. The number of carbonyl (C=O) groups is 1. The van der Waals surface area contributed by atoms with E-state index in [1.165, 1.54) is 0 Å². The number of nitrogen functional groups attached to an aromatic ring is 1. The summed E-state index contributed by atoms with van der Waals surface area (Å²) in [5.74, 6) is 0.299. The van der Waals surface area contributed by atoms with Crippen molar-refractivity contribution in [3.8, 4) is 11.3 Å². The molecule has 1 aromatic heterocycles. The van der Waals surface area contributed by atoms with E-state index in [0.717, 1.165) is 22.4 Å². The molecule has 0 radical (unpaired) electrons. The molecule has 154 valence electrons. The van der Waals surface area contributed by atoms with Gasteiger partial charge < -0.3 is 11.1 Å². The van der Waals surface area contributed by atoms with Crippen LogP contribution in [-0.4, -0.2) is 15.9 Å². The number of anilines is 2. The highest BCUT2D eigenvalue weighted by molar-refractivity contribution is 6.30. The second-order valence-corrected chi connectivity index (χ2v) is 7.62. The first-order valence-corrected chi connectivity index (χ1v) is 10.2. The molecule has 0 spiro atoms. The van der Waals surface area contributed by atoms with Crippen LogP contribution in [0.25, 0.3) is 11.3 Å². The number of nitrogens with zero attached hydrogens (tertiary/aromatic N) is 2. The molecule has 0 unspecified atom stereocenters. The average molecular weight is 429 g/mol. The van der Waals surface area contributed by atoms with Gasteiger partial charge in [0.2, 0.25) is 5.91 Å². The van der Waals surface area contributed by atoms with Crippen molar-refractivity contribution < 1.29 is 4.79 Å². The van der Waals surface area contributed by atoms with E-state index in [-0.39, 0.29) is 12.3 Å². The van der Waals surface area contributed by atoms with Crippen LogP contribution in [0.4, 0.5) is 11.5 Å². The van der Waals surface area contributed by atoms with Gasteiger partial charge in [0.1, 0.15) is 0 Å². The fourth-order valence-electron chi connectivity index (χ4n) is 3.20. The third-order valence-corrected chi connectivity index (χ3v) is 5.05. The van der Waals surface area contributed by atoms with Crippen LogP contribution < -0.4 is 11.1 Å². The number of benzene rings is 3. The van der Waals surface area contributed by atoms with Gasteiger partial charge in [0.25, 0.3) is 0 Å². The van der Waals surface area contributed by atoms with Gasteiger partial charge >= 0.3 is 0 Å². The standard InChI is InChI=1S/C25H21ClN4O/c26-20-10-6-18(7-11-20)15-24(31)30-25-22(14-17-4-2-1-3-5-17)29-23(16-28-25)19-8-12-21(27)13-9-19/h1-13,16H,14-15,27H2,(H,28,30,31). The van der Waals surface area contributed by atoms with Crippen molar-refractivity contribution in [1.82, 2.24) is 9.97 Å². The Kier molecular flexibility index (Phi) is 6.24. The van der Waals surface area contributed by atoms with E-state index in [0.29, 0.717) is 28.6 Å². The van der Waals surface area contributed by atoms with Gasteiger partial charge in [-0.15, -0.1) is 0 Å². The zero-order valence-electron chi connectivity index (χ0n) is 16.8. The molecular formula is C25H21ClN4O. The Morgan fingerprint density at radius 3 is 2.32 bits per heavy atom. The Balaban J connectivity index is 1.61. The number of rotatable bonds is 6. The van der Waals surface area contributed by atoms with Gasteiger partial charge in [-0.1, -0.05) is 66.2 Å². The zero-order valence-corrected chi connectivity index (χ0v) is 17.5. The van der Waals surface area contributed by atoms with Gasteiger partial charge in [-0.3, -0.25) is 4.79 Å². The van der Waals surface area contributed by atoms with Crippen molar-refractivity contribution in [2.45, 2.75) is 12.8 Å². The molecule has 1 amide bonds. The third-order valence-electron chi connectivity index (χ3n) is 4.80. The summed E-state index contributed by atoms with van der Waals surface area (Å²) in [6.45, 7) is 0. The van der Waals surface area contributed by atoms with Gasteiger partial charge in [-0.2, -0.15) is 0 Å². The number of hydrogen-bond donors (Lipinski definition) is 2. The number of nitrogens with two attached hydrogens (primary N) is 1. The first-order chi connectivity index (χ1) is 15.1. The molecule has 0 fully saturated rings. The van der Waals surface area contributed by atoms with Crippen LogP contribution in [0.15, 0.2) is 85.1 Å². The molecule has 31 heavy (non-hydrogen) atoms. The monoisotopic (exact) mass is 428 g/mol. The summed E-state index contributed by atoms with van der Waals surface area (Å²) in [5, 5.41) is 3.55. The van der Waals surface area contributed by atoms with E-state index >= 15 is 0 Å². The van der Waals surface area contributed by atoms with Crippen molar-refractivity contribution in [2.75, 3.05) is 11.1 Å². The number of amides is 1. The van der Waals surface area contributed by atoms with Crippen molar-refractivity contribution in [1.29, 1.82) is 0 Å². The summed E-state index contributed by atoms with van der Waals surface area (Å²) in [6.07, 6.45) is 2.44. The lowest BCUT2D eigenvalue weighted by atomic mass is 10.1. The summed E-state index contributed by atoms with van der Waals surface area (Å²) >= 11 is 5.92. The van der Waals surface area contributed by atoms with Gasteiger partial charge in [-0.05, 0) is 35.4 Å². The molecule has 0 bridgehead atoms. The van der Waals surface area contributed by atoms with Crippen molar-refractivity contribution in [2.24, 2.45) is 0 Å². The van der Waals surface area contributed by atoms with Crippen LogP contribution in [0.3, 0.4) is 0 Å². The minimum Gasteiger partial charge on any atom is -0.399 e. The number of aromatic nitrogens is 2. The SMILES string of the molecule is Nc1ccc(-c2cnc(NC(=O)Cc3ccc(Cl)cc3)c(Cc3ccccc3)n2)cc1. The van der Waals surface area contributed by atoms with Gasteiger partial charge in [0.15, 0.2) is 5.82 Å².